The van der Waals surface area contributed by atoms with E-state index in [1.54, 1.807) is 25.9 Å². The van der Waals surface area contributed by atoms with Gasteiger partial charge in [-0.15, -0.1) is 0 Å². The number of amides is 3. The van der Waals surface area contributed by atoms with Gasteiger partial charge in [-0.3, -0.25) is 9.59 Å². The monoisotopic (exact) mass is 299 g/mol. The molecule has 0 aromatic carbocycles. The molecule has 120 valence electrons. The molecule has 3 amide bonds. The summed E-state index contributed by atoms with van der Waals surface area (Å²) in [6, 6.07) is -0.194. The van der Waals surface area contributed by atoms with Crippen molar-refractivity contribution in [3.63, 3.8) is 0 Å². The highest BCUT2D eigenvalue weighted by Crippen LogP contribution is 2.31. The Labute approximate surface area is 125 Å². The Morgan fingerprint density at radius 2 is 1.71 bits per heavy atom. The first-order valence-electron chi connectivity index (χ1n) is 7.18. The molecular formula is C14H25N3O4. The number of hydrogen-bond acceptors (Lipinski definition) is 3. The van der Waals surface area contributed by atoms with E-state index in [4.69, 9.17) is 0 Å². The molecule has 1 saturated heterocycles. The molecule has 0 radical (unpaired) electrons. The molecule has 1 N–H and O–H groups in total. The normalized spacial score (nSPS) is 17.2. The molecular weight excluding hydrogens is 274 g/mol. The predicted octanol–water partition coefficient (Wildman–Crippen LogP) is 0.703. The minimum atomic E-state index is -0.815. The van der Waals surface area contributed by atoms with Gasteiger partial charge in [-0.1, -0.05) is 0 Å². The van der Waals surface area contributed by atoms with Gasteiger partial charge in [0.15, 0.2) is 0 Å². The highest BCUT2D eigenvalue weighted by atomic mass is 16.4. The number of urea groups is 1. The number of rotatable bonds is 4. The molecule has 0 aromatic heterocycles. The summed E-state index contributed by atoms with van der Waals surface area (Å²) in [5, 5.41) is 9.19. The van der Waals surface area contributed by atoms with Crippen LogP contribution in [0.4, 0.5) is 4.79 Å². The third kappa shape index (κ3) is 4.09. The molecule has 7 nitrogen and oxygen atoms in total. The summed E-state index contributed by atoms with van der Waals surface area (Å²) in [5.41, 5.74) is -0.757. The molecule has 1 heterocycles. The third-order valence-electron chi connectivity index (χ3n) is 4.13. The molecule has 1 aliphatic rings. The lowest BCUT2D eigenvalue weighted by molar-refractivity contribution is -0.150. The maximum Gasteiger partial charge on any atom is 0.320 e. The van der Waals surface area contributed by atoms with Crippen molar-refractivity contribution in [3.8, 4) is 0 Å². The quantitative estimate of drug-likeness (QED) is 0.828. The molecule has 0 aromatic rings. The predicted molar refractivity (Wildman–Crippen MR) is 77.9 cm³/mol. The topological polar surface area (TPSA) is 81.2 Å². The fourth-order valence-electron chi connectivity index (χ4n) is 2.22. The van der Waals surface area contributed by atoms with Crippen LogP contribution in [0, 0.1) is 5.41 Å². The van der Waals surface area contributed by atoms with E-state index in [9.17, 15) is 19.5 Å². The van der Waals surface area contributed by atoms with Crippen molar-refractivity contribution in [3.05, 3.63) is 0 Å². The zero-order chi connectivity index (χ0) is 16.2. The van der Waals surface area contributed by atoms with Crippen LogP contribution in [0.2, 0.25) is 0 Å². The number of carbonyl (C=O) groups excluding carboxylic acids is 2. The average molecular weight is 299 g/mol. The molecule has 1 rings (SSSR count). The number of carbonyl (C=O) groups is 3. The SMILES string of the molecule is CCN(CC(=O)N(C)C)C(=O)N1CCC(C)(C(=O)O)CC1. The molecule has 0 spiro atoms. The Bertz CT molecular complexity index is 414. The van der Waals surface area contributed by atoms with Gasteiger partial charge >= 0.3 is 12.0 Å². The Morgan fingerprint density at radius 1 is 1.19 bits per heavy atom. The molecule has 21 heavy (non-hydrogen) atoms. The molecule has 0 atom stereocenters. The summed E-state index contributed by atoms with van der Waals surface area (Å²) in [5.74, 6) is -0.942. The molecule has 0 saturated carbocycles. The van der Waals surface area contributed by atoms with Gasteiger partial charge in [0, 0.05) is 33.7 Å². The maximum atomic E-state index is 12.4. The summed E-state index contributed by atoms with van der Waals surface area (Å²) >= 11 is 0. The minimum Gasteiger partial charge on any atom is -0.481 e. The first kappa shape index (κ1) is 17.3. The molecule has 0 aliphatic carbocycles. The van der Waals surface area contributed by atoms with Gasteiger partial charge in [0.1, 0.15) is 6.54 Å². The molecule has 0 unspecified atom stereocenters. The number of nitrogens with zero attached hydrogens (tertiary/aromatic N) is 3. The smallest absolute Gasteiger partial charge is 0.320 e. The van der Waals surface area contributed by atoms with Gasteiger partial charge in [-0.2, -0.15) is 0 Å². The fourth-order valence-corrected chi connectivity index (χ4v) is 2.22. The van der Waals surface area contributed by atoms with Crippen LogP contribution < -0.4 is 0 Å². The standard InChI is InChI=1S/C14H25N3O4/c1-5-16(10-11(18)15(3)4)13(21)17-8-6-14(2,7-9-17)12(19)20/h5-10H2,1-4H3,(H,19,20). The summed E-state index contributed by atoms with van der Waals surface area (Å²) in [6.07, 6.45) is 0.876. The van der Waals surface area contributed by atoms with Crippen molar-refractivity contribution in [2.75, 3.05) is 40.3 Å². The largest absolute Gasteiger partial charge is 0.481 e. The lowest BCUT2D eigenvalue weighted by atomic mass is 9.80. The van der Waals surface area contributed by atoms with Gasteiger partial charge in [-0.05, 0) is 26.7 Å². The van der Waals surface area contributed by atoms with Crippen molar-refractivity contribution >= 4 is 17.9 Å². The van der Waals surface area contributed by atoms with Crippen molar-refractivity contribution in [2.24, 2.45) is 5.41 Å². The van der Waals surface area contributed by atoms with Crippen LogP contribution in [-0.4, -0.2) is 78.0 Å². The first-order chi connectivity index (χ1) is 9.71. The van der Waals surface area contributed by atoms with Crippen LogP contribution in [0.1, 0.15) is 26.7 Å². The summed E-state index contributed by atoms with van der Waals surface area (Å²) in [6.45, 7) is 4.86. The Hall–Kier alpha value is -1.79. The zero-order valence-electron chi connectivity index (χ0n) is 13.3. The van der Waals surface area contributed by atoms with Crippen LogP contribution in [0.5, 0.6) is 0 Å². The van der Waals surface area contributed by atoms with Gasteiger partial charge < -0.3 is 19.8 Å². The number of carboxylic acids is 1. The van der Waals surface area contributed by atoms with Crippen molar-refractivity contribution in [2.45, 2.75) is 26.7 Å². The van der Waals surface area contributed by atoms with E-state index in [-0.39, 0.29) is 18.5 Å². The molecule has 1 fully saturated rings. The van der Waals surface area contributed by atoms with Crippen LogP contribution in [-0.2, 0) is 9.59 Å². The Balaban J connectivity index is 2.63. The minimum absolute atomic E-state index is 0.0506. The van der Waals surface area contributed by atoms with Crippen molar-refractivity contribution in [1.82, 2.24) is 14.7 Å². The number of likely N-dealkylation sites (N-methyl/N-ethyl adjacent to an activating group) is 2. The number of carboxylic acid groups (broad SMARTS) is 1. The number of aliphatic carboxylic acids is 1. The van der Waals surface area contributed by atoms with E-state index in [0.29, 0.717) is 32.5 Å². The van der Waals surface area contributed by atoms with Crippen LogP contribution in [0.25, 0.3) is 0 Å². The lowest BCUT2D eigenvalue weighted by Gasteiger charge is -2.38. The van der Waals surface area contributed by atoms with Crippen LogP contribution >= 0.6 is 0 Å². The lowest BCUT2D eigenvalue weighted by Crippen LogP contribution is -2.51. The molecule has 1 aliphatic heterocycles. The van der Waals surface area contributed by atoms with E-state index >= 15 is 0 Å². The van der Waals surface area contributed by atoms with Crippen molar-refractivity contribution in [1.29, 1.82) is 0 Å². The van der Waals surface area contributed by atoms with E-state index in [1.807, 2.05) is 6.92 Å². The first-order valence-corrected chi connectivity index (χ1v) is 7.18. The van der Waals surface area contributed by atoms with Crippen LogP contribution in [0.3, 0.4) is 0 Å². The highest BCUT2D eigenvalue weighted by Gasteiger charge is 2.38. The molecule has 0 bridgehead atoms. The number of likely N-dealkylation sites (tertiary alicyclic amines) is 1. The summed E-state index contributed by atoms with van der Waals surface area (Å²) in [4.78, 5) is 39.9. The van der Waals surface area contributed by atoms with Gasteiger partial charge in [0.05, 0.1) is 5.41 Å². The van der Waals surface area contributed by atoms with Crippen LogP contribution in [0.15, 0.2) is 0 Å². The van der Waals surface area contributed by atoms with Gasteiger partial charge in [0.2, 0.25) is 5.91 Å². The van der Waals surface area contributed by atoms with E-state index in [0.717, 1.165) is 0 Å². The highest BCUT2D eigenvalue weighted by molar-refractivity contribution is 5.84. The Kier molecular flexibility index (Phi) is 5.57. The van der Waals surface area contributed by atoms with E-state index < -0.39 is 11.4 Å². The van der Waals surface area contributed by atoms with E-state index in [1.165, 1.54) is 9.80 Å². The van der Waals surface area contributed by atoms with E-state index in [2.05, 4.69) is 0 Å². The maximum absolute atomic E-state index is 12.4. The fraction of sp³-hybridized carbons (Fsp3) is 0.786. The molecule has 7 heteroatoms. The van der Waals surface area contributed by atoms with Crippen molar-refractivity contribution < 1.29 is 19.5 Å². The zero-order valence-corrected chi connectivity index (χ0v) is 13.3. The second-order valence-electron chi connectivity index (χ2n) is 5.94. The number of piperidine rings is 1. The third-order valence-corrected chi connectivity index (χ3v) is 4.13. The summed E-state index contributed by atoms with van der Waals surface area (Å²) in [7, 11) is 3.31. The Morgan fingerprint density at radius 3 is 2.10 bits per heavy atom. The van der Waals surface area contributed by atoms with Gasteiger partial charge in [0.25, 0.3) is 0 Å². The number of hydrogen-bond donors (Lipinski definition) is 1. The van der Waals surface area contributed by atoms with Gasteiger partial charge in [-0.25, -0.2) is 4.79 Å². The summed E-state index contributed by atoms with van der Waals surface area (Å²) < 4.78 is 0. The second-order valence-corrected chi connectivity index (χ2v) is 5.94. The average Bonchev–Trinajstić information content (AvgIpc) is 2.44. The second kappa shape index (κ2) is 6.78.